The van der Waals surface area contributed by atoms with E-state index < -0.39 is 23.9 Å². The van der Waals surface area contributed by atoms with E-state index >= 15 is 0 Å². The lowest BCUT2D eigenvalue weighted by Crippen LogP contribution is -2.46. The first-order valence-electron chi connectivity index (χ1n) is 9.84. The van der Waals surface area contributed by atoms with E-state index in [4.69, 9.17) is 34.7 Å². The minimum Gasteiger partial charge on any atom is -0.341 e. The van der Waals surface area contributed by atoms with Crippen molar-refractivity contribution in [3.63, 3.8) is 0 Å². The highest BCUT2D eigenvalue weighted by atomic mass is 35.5. The van der Waals surface area contributed by atoms with Crippen LogP contribution in [0.4, 0.5) is 14.5 Å². The quantitative estimate of drug-likeness (QED) is 0.224. The van der Waals surface area contributed by atoms with Crippen molar-refractivity contribution in [2.45, 2.75) is 18.6 Å². The van der Waals surface area contributed by atoms with Gasteiger partial charge in [0.25, 0.3) is 5.91 Å². The summed E-state index contributed by atoms with van der Waals surface area (Å²) in [7, 11) is 0. The van der Waals surface area contributed by atoms with Crippen LogP contribution in [0.25, 0.3) is 0 Å². The summed E-state index contributed by atoms with van der Waals surface area (Å²) in [5.74, 6) is -1.56. The number of anilines is 1. The summed E-state index contributed by atoms with van der Waals surface area (Å²) in [5.41, 5.74) is 13.6. The molecule has 0 aliphatic heterocycles. The molecule has 172 valence electrons. The zero-order valence-corrected chi connectivity index (χ0v) is 18.7. The van der Waals surface area contributed by atoms with E-state index in [1.807, 2.05) is 0 Å². The zero-order valence-electron chi connectivity index (χ0n) is 17.2. The topological polar surface area (TPSA) is 106 Å². The Balaban J connectivity index is 1.79. The molecule has 0 aliphatic rings. The second kappa shape index (κ2) is 11.2. The Morgan fingerprint density at radius 1 is 0.909 bits per heavy atom. The molecule has 1 amide bonds. The number of benzene rings is 3. The minimum absolute atomic E-state index is 0.0320. The Morgan fingerprint density at radius 2 is 1.58 bits per heavy atom. The summed E-state index contributed by atoms with van der Waals surface area (Å²) in [6, 6.07) is 15.2. The van der Waals surface area contributed by atoms with Gasteiger partial charge in [0, 0.05) is 27.3 Å². The number of halogens is 4. The Kier molecular flexibility index (Phi) is 8.35. The van der Waals surface area contributed by atoms with E-state index in [0.717, 1.165) is 6.07 Å². The van der Waals surface area contributed by atoms with Gasteiger partial charge >= 0.3 is 0 Å². The average molecular weight is 492 g/mol. The second-order valence-corrected chi connectivity index (χ2v) is 8.07. The number of rotatable bonds is 6. The standard InChI is InChI=1S/C23H21Cl2F2N5O/c24-15-5-1-14(2-6-15)22(33)32-23(30-19-10-16(25)9-18(27)11-19)31-21(29)12-20(28)13-3-7-17(26)8-4-13/h1-11,20-21H,12,28-29H2,(H2,30,31,32,33). The van der Waals surface area contributed by atoms with Crippen molar-refractivity contribution >= 4 is 40.8 Å². The maximum absolute atomic E-state index is 13.8. The molecule has 0 saturated carbocycles. The van der Waals surface area contributed by atoms with Crippen LogP contribution in [0.2, 0.25) is 10.0 Å². The van der Waals surface area contributed by atoms with E-state index in [-0.39, 0.29) is 34.5 Å². The number of nitrogens with one attached hydrogen (secondary N) is 2. The van der Waals surface area contributed by atoms with Gasteiger partial charge in [-0.2, -0.15) is 4.99 Å². The van der Waals surface area contributed by atoms with Crippen molar-refractivity contribution in [3.05, 3.63) is 99.5 Å². The molecule has 0 bridgehead atoms. The van der Waals surface area contributed by atoms with Crippen molar-refractivity contribution < 1.29 is 13.6 Å². The molecule has 3 aromatic carbocycles. The molecule has 33 heavy (non-hydrogen) atoms. The molecule has 6 nitrogen and oxygen atoms in total. The largest absolute Gasteiger partial charge is 0.341 e. The lowest BCUT2D eigenvalue weighted by atomic mass is 10.0. The molecular weight excluding hydrogens is 471 g/mol. The van der Waals surface area contributed by atoms with Gasteiger partial charge in [-0.15, -0.1) is 0 Å². The maximum Gasteiger partial charge on any atom is 0.280 e. The second-order valence-electron chi connectivity index (χ2n) is 7.20. The summed E-state index contributed by atoms with van der Waals surface area (Å²) in [6.07, 6.45) is -0.524. The number of amides is 1. The number of carbonyl (C=O) groups is 1. The monoisotopic (exact) mass is 491 g/mol. The molecule has 10 heteroatoms. The third-order valence-electron chi connectivity index (χ3n) is 4.56. The summed E-state index contributed by atoms with van der Waals surface area (Å²) in [6.45, 7) is 0. The van der Waals surface area contributed by atoms with E-state index in [1.165, 1.54) is 36.4 Å². The molecule has 0 radical (unpaired) electrons. The fourth-order valence-electron chi connectivity index (χ4n) is 2.97. The van der Waals surface area contributed by atoms with E-state index in [9.17, 15) is 13.6 Å². The van der Waals surface area contributed by atoms with Gasteiger partial charge in [-0.05, 0) is 66.6 Å². The number of nitrogens with two attached hydrogens (primary N) is 2. The number of hydrogen-bond donors (Lipinski definition) is 4. The predicted octanol–water partition coefficient (Wildman–Crippen LogP) is 4.84. The van der Waals surface area contributed by atoms with Crippen molar-refractivity contribution in [2.75, 3.05) is 5.32 Å². The SMILES string of the molecule is NC(CC(N)c1ccc(F)cc1)N/C(=N\C(=O)c1ccc(Cl)cc1)Nc1cc(F)cc(Cl)c1. The van der Waals surface area contributed by atoms with E-state index in [0.29, 0.717) is 10.6 Å². The van der Waals surface area contributed by atoms with Crippen molar-refractivity contribution in [3.8, 4) is 0 Å². The smallest absolute Gasteiger partial charge is 0.280 e. The normalized spacial score (nSPS) is 13.3. The molecule has 0 fully saturated rings. The number of hydrogen-bond acceptors (Lipinski definition) is 3. The van der Waals surface area contributed by atoms with Gasteiger partial charge in [0.2, 0.25) is 5.96 Å². The van der Waals surface area contributed by atoms with Crippen LogP contribution in [0, 0.1) is 11.6 Å². The van der Waals surface area contributed by atoms with E-state index in [2.05, 4.69) is 15.6 Å². The molecule has 2 atom stereocenters. The minimum atomic E-state index is -0.752. The molecule has 2 unspecified atom stereocenters. The third kappa shape index (κ3) is 7.50. The van der Waals surface area contributed by atoms with Crippen LogP contribution in [0.1, 0.15) is 28.4 Å². The van der Waals surface area contributed by atoms with Gasteiger partial charge in [0.1, 0.15) is 11.6 Å². The highest BCUT2D eigenvalue weighted by molar-refractivity contribution is 6.31. The molecule has 3 aromatic rings. The maximum atomic E-state index is 13.8. The van der Waals surface area contributed by atoms with Crippen LogP contribution >= 0.6 is 23.2 Å². The van der Waals surface area contributed by atoms with Gasteiger partial charge < -0.3 is 22.1 Å². The molecule has 0 saturated heterocycles. The van der Waals surface area contributed by atoms with Crippen molar-refractivity contribution in [1.82, 2.24) is 5.32 Å². The molecule has 3 rings (SSSR count). The number of aliphatic imine (C=N–C) groups is 1. The van der Waals surface area contributed by atoms with Crippen LogP contribution < -0.4 is 22.1 Å². The average Bonchev–Trinajstić information content (AvgIpc) is 2.73. The van der Waals surface area contributed by atoms with Gasteiger partial charge in [-0.25, -0.2) is 8.78 Å². The first kappa shape index (κ1) is 24.6. The highest BCUT2D eigenvalue weighted by Gasteiger charge is 2.15. The van der Waals surface area contributed by atoms with Crippen LogP contribution in [0.5, 0.6) is 0 Å². The number of nitrogens with zero attached hydrogens (tertiary/aromatic N) is 1. The first-order chi connectivity index (χ1) is 15.7. The summed E-state index contributed by atoms with van der Waals surface area (Å²) in [4.78, 5) is 16.7. The summed E-state index contributed by atoms with van der Waals surface area (Å²) >= 11 is 11.8. The summed E-state index contributed by atoms with van der Waals surface area (Å²) in [5, 5.41) is 6.33. The molecule has 0 aliphatic carbocycles. The van der Waals surface area contributed by atoms with Gasteiger partial charge in [-0.1, -0.05) is 35.3 Å². The van der Waals surface area contributed by atoms with Crippen LogP contribution in [0.3, 0.4) is 0 Å². The Hall–Kier alpha value is -3.04. The number of carbonyl (C=O) groups excluding carboxylic acids is 1. The summed E-state index contributed by atoms with van der Waals surface area (Å²) < 4.78 is 26.9. The molecule has 6 N–H and O–H groups in total. The molecule has 0 aromatic heterocycles. The first-order valence-corrected chi connectivity index (χ1v) is 10.6. The Bertz CT molecular complexity index is 1120. The van der Waals surface area contributed by atoms with Gasteiger partial charge in [0.15, 0.2) is 0 Å². The third-order valence-corrected chi connectivity index (χ3v) is 5.03. The molecular formula is C23H21Cl2F2N5O. The van der Waals surface area contributed by atoms with Crippen LogP contribution in [-0.4, -0.2) is 18.0 Å². The Morgan fingerprint density at radius 3 is 2.21 bits per heavy atom. The molecule has 0 heterocycles. The lowest BCUT2D eigenvalue weighted by molar-refractivity contribution is 0.100. The fourth-order valence-corrected chi connectivity index (χ4v) is 3.32. The van der Waals surface area contributed by atoms with Crippen molar-refractivity contribution in [1.29, 1.82) is 0 Å². The fraction of sp³-hybridized carbons (Fsp3) is 0.130. The van der Waals surface area contributed by atoms with Gasteiger partial charge in [-0.3, -0.25) is 4.79 Å². The Labute approximate surface area is 199 Å². The zero-order chi connectivity index (χ0) is 24.0. The van der Waals surface area contributed by atoms with E-state index in [1.54, 1.807) is 24.3 Å². The van der Waals surface area contributed by atoms with Crippen molar-refractivity contribution in [2.24, 2.45) is 16.5 Å². The van der Waals surface area contributed by atoms with Crippen LogP contribution in [0.15, 0.2) is 71.7 Å². The van der Waals surface area contributed by atoms with Gasteiger partial charge in [0.05, 0.1) is 6.17 Å². The highest BCUT2D eigenvalue weighted by Crippen LogP contribution is 2.19. The van der Waals surface area contributed by atoms with Crippen LogP contribution in [-0.2, 0) is 0 Å². The lowest BCUT2D eigenvalue weighted by Gasteiger charge is -2.21. The number of guanidine groups is 1. The predicted molar refractivity (Wildman–Crippen MR) is 127 cm³/mol. The molecule has 0 spiro atoms.